The minimum absolute atomic E-state index is 0.102. The van der Waals surface area contributed by atoms with E-state index in [0.717, 1.165) is 24.3 Å². The van der Waals surface area contributed by atoms with Crippen molar-refractivity contribution in [2.45, 2.75) is 13.0 Å². The van der Waals surface area contributed by atoms with Gasteiger partial charge in [-0.3, -0.25) is 9.69 Å². The van der Waals surface area contributed by atoms with Crippen molar-refractivity contribution >= 4 is 17.2 Å². The molecule has 2 aromatic heterocycles. The quantitative estimate of drug-likeness (QED) is 0.378. The number of aromatic nitrogens is 2. The van der Waals surface area contributed by atoms with Crippen LogP contribution in [0.5, 0.6) is 5.75 Å². The lowest BCUT2D eigenvalue weighted by Gasteiger charge is -2.34. The van der Waals surface area contributed by atoms with E-state index in [1.54, 1.807) is 23.1 Å². The van der Waals surface area contributed by atoms with Crippen molar-refractivity contribution in [2.75, 3.05) is 40.0 Å². The van der Waals surface area contributed by atoms with Gasteiger partial charge in [-0.1, -0.05) is 35.9 Å². The molecular weight excluding hydrogens is 472 g/mol. The highest BCUT2D eigenvalue weighted by molar-refractivity contribution is 7.10. The summed E-state index contributed by atoms with van der Waals surface area (Å²) >= 11 is 1.71. The van der Waals surface area contributed by atoms with Crippen LogP contribution in [0.2, 0.25) is 0 Å². The fourth-order valence-electron chi connectivity index (χ4n) is 4.42. The largest absolute Gasteiger partial charge is 0.497 e. The molecule has 4 aromatic rings. The topological polar surface area (TPSA) is 68.6 Å². The van der Waals surface area contributed by atoms with Crippen molar-refractivity contribution in [1.82, 2.24) is 20.0 Å². The summed E-state index contributed by atoms with van der Waals surface area (Å²) in [5.74, 6) is 0.565. The van der Waals surface area contributed by atoms with E-state index in [2.05, 4.69) is 27.7 Å². The molecule has 1 atom stereocenters. The Hall–Kier alpha value is -3.46. The first kappa shape index (κ1) is 24.2. The summed E-state index contributed by atoms with van der Waals surface area (Å²) < 4.78 is 12.7. The van der Waals surface area contributed by atoms with Gasteiger partial charge in [0.25, 0.3) is 5.91 Å². The van der Waals surface area contributed by atoms with Crippen LogP contribution in [-0.2, 0) is 4.74 Å². The van der Waals surface area contributed by atoms with Gasteiger partial charge in [-0.05, 0) is 42.6 Å². The van der Waals surface area contributed by atoms with Crippen LogP contribution in [0.3, 0.4) is 0 Å². The number of carbonyl (C=O) groups excluding carboxylic acids is 1. The van der Waals surface area contributed by atoms with Gasteiger partial charge in [-0.25, -0.2) is 4.68 Å². The van der Waals surface area contributed by atoms with E-state index in [1.807, 2.05) is 61.7 Å². The number of methoxy groups -OCH3 is 1. The molecule has 2 aromatic carbocycles. The summed E-state index contributed by atoms with van der Waals surface area (Å²) in [7, 11) is 1.63. The Morgan fingerprint density at radius 2 is 1.94 bits per heavy atom. The number of rotatable bonds is 8. The average Bonchev–Trinajstić information content (AvgIpc) is 3.61. The number of hydrogen-bond donors (Lipinski definition) is 1. The molecule has 8 heteroatoms. The van der Waals surface area contributed by atoms with E-state index in [9.17, 15) is 4.79 Å². The predicted molar refractivity (Wildman–Crippen MR) is 142 cm³/mol. The van der Waals surface area contributed by atoms with Crippen molar-refractivity contribution in [2.24, 2.45) is 0 Å². The van der Waals surface area contributed by atoms with Crippen LogP contribution in [0.15, 0.2) is 72.2 Å². The summed E-state index contributed by atoms with van der Waals surface area (Å²) in [5.41, 5.74) is 4.03. The minimum Gasteiger partial charge on any atom is -0.497 e. The maximum Gasteiger partial charge on any atom is 0.255 e. The lowest BCUT2D eigenvalue weighted by Crippen LogP contribution is -2.43. The number of thiophene rings is 1. The summed E-state index contributed by atoms with van der Waals surface area (Å²) in [6, 6.07) is 20.0. The molecule has 0 saturated carbocycles. The predicted octanol–water partition coefficient (Wildman–Crippen LogP) is 4.72. The Kier molecular flexibility index (Phi) is 7.46. The molecule has 1 N–H and O–H groups in total. The van der Waals surface area contributed by atoms with E-state index in [4.69, 9.17) is 14.6 Å². The normalized spacial score (nSPS) is 14.9. The SMILES string of the molecule is COc1cccc(-c2nn(-c3ccc(C)cc3)cc2C(=O)NC[C@H](c2cccs2)N2CCOCC2)c1. The zero-order valence-corrected chi connectivity index (χ0v) is 21.3. The molecule has 1 amide bonds. The first-order valence-corrected chi connectivity index (χ1v) is 12.9. The molecule has 0 aliphatic carbocycles. The third-order valence-corrected chi connectivity index (χ3v) is 7.39. The summed E-state index contributed by atoms with van der Waals surface area (Å²) in [6.45, 7) is 5.66. The molecule has 0 bridgehead atoms. The molecule has 186 valence electrons. The van der Waals surface area contributed by atoms with Gasteiger partial charge in [-0.2, -0.15) is 5.10 Å². The summed E-state index contributed by atoms with van der Waals surface area (Å²) in [4.78, 5) is 17.2. The number of hydrogen-bond acceptors (Lipinski definition) is 6. The standard InChI is InChI=1S/C28H30N4O3S/c1-20-8-10-22(11-9-20)32-19-24(27(30-32)21-5-3-6-23(17-21)34-2)28(33)29-18-25(26-7-4-16-36-26)31-12-14-35-15-13-31/h3-11,16-17,19,25H,12-15,18H2,1-2H3,(H,29,33)/t25-/m1/s1. The van der Waals surface area contributed by atoms with Crippen LogP contribution in [-0.4, -0.2) is 60.5 Å². The molecule has 7 nitrogen and oxygen atoms in total. The van der Waals surface area contributed by atoms with Crippen molar-refractivity contribution < 1.29 is 14.3 Å². The van der Waals surface area contributed by atoms with Gasteiger partial charge >= 0.3 is 0 Å². The fraction of sp³-hybridized carbons (Fsp3) is 0.286. The lowest BCUT2D eigenvalue weighted by atomic mass is 10.1. The van der Waals surface area contributed by atoms with Gasteiger partial charge in [0.05, 0.1) is 37.6 Å². The summed E-state index contributed by atoms with van der Waals surface area (Å²) in [6.07, 6.45) is 1.81. The third-order valence-electron chi connectivity index (χ3n) is 6.41. The molecule has 1 aliphatic heterocycles. The molecule has 0 unspecified atom stereocenters. The number of ether oxygens (including phenoxy) is 2. The lowest BCUT2D eigenvalue weighted by molar-refractivity contribution is 0.0169. The Morgan fingerprint density at radius 3 is 2.67 bits per heavy atom. The number of benzene rings is 2. The molecule has 3 heterocycles. The fourth-order valence-corrected chi connectivity index (χ4v) is 5.28. The molecular formula is C28H30N4O3S. The van der Waals surface area contributed by atoms with Gasteiger partial charge in [0.1, 0.15) is 11.4 Å². The zero-order valence-electron chi connectivity index (χ0n) is 20.5. The van der Waals surface area contributed by atoms with Crippen molar-refractivity contribution in [1.29, 1.82) is 0 Å². The van der Waals surface area contributed by atoms with Gasteiger partial charge in [0, 0.05) is 36.3 Å². The van der Waals surface area contributed by atoms with Crippen molar-refractivity contribution in [3.63, 3.8) is 0 Å². The third kappa shape index (κ3) is 5.36. The number of nitrogens with one attached hydrogen (secondary N) is 1. The second kappa shape index (κ2) is 11.1. The Bertz CT molecular complexity index is 1290. The number of morpholine rings is 1. The van der Waals surface area contributed by atoms with Crippen LogP contribution in [0.25, 0.3) is 16.9 Å². The van der Waals surface area contributed by atoms with E-state index < -0.39 is 0 Å². The van der Waals surface area contributed by atoms with E-state index in [0.29, 0.717) is 36.8 Å². The molecule has 36 heavy (non-hydrogen) atoms. The zero-order chi connectivity index (χ0) is 24.9. The highest BCUT2D eigenvalue weighted by atomic mass is 32.1. The maximum atomic E-state index is 13.6. The van der Waals surface area contributed by atoms with Gasteiger partial charge in [0.15, 0.2) is 0 Å². The highest BCUT2D eigenvalue weighted by Gasteiger charge is 2.26. The van der Waals surface area contributed by atoms with E-state index >= 15 is 0 Å². The Morgan fingerprint density at radius 1 is 1.14 bits per heavy atom. The minimum atomic E-state index is -0.152. The van der Waals surface area contributed by atoms with Crippen LogP contribution in [0, 0.1) is 6.92 Å². The van der Waals surface area contributed by atoms with Crippen molar-refractivity contribution in [3.8, 4) is 22.7 Å². The van der Waals surface area contributed by atoms with Crippen LogP contribution in [0.4, 0.5) is 0 Å². The monoisotopic (exact) mass is 502 g/mol. The molecule has 1 fully saturated rings. The molecule has 0 spiro atoms. The Labute approximate surface area is 215 Å². The number of amides is 1. The van der Waals surface area contributed by atoms with E-state index in [-0.39, 0.29) is 11.9 Å². The number of carbonyl (C=O) groups is 1. The number of aryl methyl sites for hydroxylation is 1. The van der Waals surface area contributed by atoms with Crippen LogP contribution >= 0.6 is 11.3 Å². The first-order chi connectivity index (χ1) is 17.6. The highest BCUT2D eigenvalue weighted by Crippen LogP contribution is 2.28. The Balaban J connectivity index is 1.45. The van der Waals surface area contributed by atoms with Gasteiger partial charge < -0.3 is 14.8 Å². The maximum absolute atomic E-state index is 13.6. The van der Waals surface area contributed by atoms with Crippen molar-refractivity contribution in [3.05, 3.63) is 88.2 Å². The van der Waals surface area contributed by atoms with E-state index in [1.165, 1.54) is 10.4 Å². The first-order valence-electron chi connectivity index (χ1n) is 12.1. The van der Waals surface area contributed by atoms with Gasteiger partial charge in [-0.15, -0.1) is 11.3 Å². The average molecular weight is 503 g/mol. The second-order valence-electron chi connectivity index (χ2n) is 8.79. The van der Waals surface area contributed by atoms with Crippen LogP contribution < -0.4 is 10.1 Å². The molecule has 1 aliphatic rings. The molecule has 5 rings (SSSR count). The molecule has 0 radical (unpaired) electrons. The number of nitrogens with zero attached hydrogens (tertiary/aromatic N) is 3. The van der Waals surface area contributed by atoms with Crippen LogP contribution in [0.1, 0.15) is 26.8 Å². The molecule has 1 saturated heterocycles. The van der Waals surface area contributed by atoms with Gasteiger partial charge in [0.2, 0.25) is 0 Å². The smallest absolute Gasteiger partial charge is 0.255 e. The summed E-state index contributed by atoms with van der Waals surface area (Å²) in [5, 5.41) is 10.1. The second-order valence-corrected chi connectivity index (χ2v) is 9.77.